The molecule has 0 bridgehead atoms. The quantitative estimate of drug-likeness (QED) is 0.357. The summed E-state index contributed by atoms with van der Waals surface area (Å²) >= 11 is 0. The van der Waals surface area contributed by atoms with Gasteiger partial charge >= 0.3 is 5.97 Å². The second-order valence-electron chi connectivity index (χ2n) is 7.02. The van der Waals surface area contributed by atoms with Gasteiger partial charge in [0.2, 0.25) is 5.91 Å². The Kier molecular flexibility index (Phi) is 9.55. The van der Waals surface area contributed by atoms with Crippen molar-refractivity contribution in [2.45, 2.75) is 51.0 Å². The third-order valence-corrected chi connectivity index (χ3v) is 4.86. The molecule has 1 atom stereocenters. The lowest BCUT2D eigenvalue weighted by atomic mass is 9.99. The number of piperidine rings is 1. The number of hydrogen-bond acceptors (Lipinski definition) is 5. The third-order valence-electron chi connectivity index (χ3n) is 4.86. The average molecular weight is 389 g/mol. The molecule has 0 spiro atoms. The predicted molar refractivity (Wildman–Crippen MR) is 107 cm³/mol. The molecule has 6 heteroatoms. The van der Waals surface area contributed by atoms with Crippen LogP contribution in [0.1, 0.15) is 44.1 Å². The first-order chi connectivity index (χ1) is 13.6. The second-order valence-corrected chi connectivity index (χ2v) is 7.02. The summed E-state index contributed by atoms with van der Waals surface area (Å²) in [6.07, 6.45) is 10.2. The van der Waals surface area contributed by atoms with E-state index < -0.39 is 0 Å². The number of rotatable bonds is 11. The molecule has 0 unspecified atom stereocenters. The standard InChI is InChI=1S/C22H31NO5/c1-27-22(26)17-28-15-5-4-14-23-19(11-7-13-21(23)25)10-3-2-8-18-9-6-12-20(24)16-18/h3,6,9-10,12,16,19,24H,2,4-5,7-8,11,13-15,17H2,1H3/t19-/m0/s1. The lowest BCUT2D eigenvalue weighted by molar-refractivity contribution is -0.145. The minimum Gasteiger partial charge on any atom is -0.508 e. The zero-order valence-electron chi connectivity index (χ0n) is 16.6. The van der Waals surface area contributed by atoms with Gasteiger partial charge in [0.15, 0.2) is 0 Å². The number of unbranched alkanes of at least 4 members (excludes halogenated alkanes) is 1. The number of phenols is 1. The van der Waals surface area contributed by atoms with Crippen molar-refractivity contribution in [3.05, 3.63) is 42.0 Å². The van der Waals surface area contributed by atoms with E-state index in [-0.39, 0.29) is 24.5 Å². The minimum atomic E-state index is -0.373. The number of carbonyl (C=O) groups excluding carboxylic acids is 2. The van der Waals surface area contributed by atoms with E-state index in [1.165, 1.54) is 7.11 Å². The first-order valence-electron chi connectivity index (χ1n) is 9.98. The molecular weight excluding hydrogens is 358 g/mol. The van der Waals surface area contributed by atoms with Crippen molar-refractivity contribution < 1.29 is 24.2 Å². The summed E-state index contributed by atoms with van der Waals surface area (Å²) in [7, 11) is 1.34. The summed E-state index contributed by atoms with van der Waals surface area (Å²) < 4.78 is 9.77. The Balaban J connectivity index is 1.73. The summed E-state index contributed by atoms with van der Waals surface area (Å²) in [5.74, 6) is 0.132. The number of aromatic hydroxyl groups is 1. The van der Waals surface area contributed by atoms with Gasteiger partial charge < -0.3 is 19.5 Å². The Labute approximate surface area is 167 Å². The summed E-state index contributed by atoms with van der Waals surface area (Å²) in [5, 5.41) is 9.52. The number of nitrogens with zero attached hydrogens (tertiary/aromatic N) is 1. The fourth-order valence-electron chi connectivity index (χ4n) is 3.35. The summed E-state index contributed by atoms with van der Waals surface area (Å²) in [4.78, 5) is 25.3. The first-order valence-corrected chi connectivity index (χ1v) is 9.98. The van der Waals surface area contributed by atoms with Crippen LogP contribution in [0.5, 0.6) is 5.75 Å². The second kappa shape index (κ2) is 12.2. The molecule has 1 aromatic carbocycles. The van der Waals surface area contributed by atoms with Crippen molar-refractivity contribution in [2.24, 2.45) is 0 Å². The lowest BCUT2D eigenvalue weighted by Gasteiger charge is -2.34. The maximum atomic E-state index is 12.3. The molecule has 1 aliphatic heterocycles. The minimum absolute atomic E-state index is 0.0241. The molecule has 0 radical (unpaired) electrons. The van der Waals surface area contributed by atoms with Gasteiger partial charge in [-0.05, 0) is 56.2 Å². The summed E-state index contributed by atoms with van der Waals surface area (Å²) in [6.45, 7) is 1.17. The van der Waals surface area contributed by atoms with Crippen LogP contribution in [0.25, 0.3) is 0 Å². The van der Waals surface area contributed by atoms with Crippen molar-refractivity contribution in [3.63, 3.8) is 0 Å². The van der Waals surface area contributed by atoms with Crippen LogP contribution in [0, 0.1) is 0 Å². The van der Waals surface area contributed by atoms with Gasteiger partial charge in [-0.2, -0.15) is 0 Å². The molecule has 28 heavy (non-hydrogen) atoms. The van der Waals surface area contributed by atoms with E-state index in [2.05, 4.69) is 16.9 Å². The van der Waals surface area contributed by atoms with E-state index in [9.17, 15) is 14.7 Å². The fraction of sp³-hybridized carbons (Fsp3) is 0.545. The van der Waals surface area contributed by atoms with Crippen molar-refractivity contribution in [2.75, 3.05) is 26.9 Å². The Morgan fingerprint density at radius 2 is 2.21 bits per heavy atom. The van der Waals surface area contributed by atoms with Crippen molar-refractivity contribution >= 4 is 11.9 Å². The largest absolute Gasteiger partial charge is 0.508 e. The van der Waals surface area contributed by atoms with Crippen LogP contribution in [0.4, 0.5) is 0 Å². The van der Waals surface area contributed by atoms with Crippen molar-refractivity contribution in [3.8, 4) is 5.75 Å². The maximum Gasteiger partial charge on any atom is 0.331 e. The molecule has 1 heterocycles. The Morgan fingerprint density at radius 1 is 1.36 bits per heavy atom. The average Bonchev–Trinajstić information content (AvgIpc) is 2.69. The number of allylic oxidation sites excluding steroid dienone is 1. The highest BCUT2D eigenvalue weighted by molar-refractivity contribution is 5.77. The van der Waals surface area contributed by atoms with Crippen LogP contribution < -0.4 is 0 Å². The molecule has 154 valence electrons. The smallest absolute Gasteiger partial charge is 0.331 e. The molecule has 2 rings (SSSR count). The lowest BCUT2D eigenvalue weighted by Crippen LogP contribution is -2.43. The van der Waals surface area contributed by atoms with Crippen molar-refractivity contribution in [1.29, 1.82) is 0 Å². The topological polar surface area (TPSA) is 76.1 Å². The molecule has 1 aromatic rings. The van der Waals surface area contributed by atoms with E-state index in [1.54, 1.807) is 12.1 Å². The molecule has 1 saturated heterocycles. The normalized spacial score (nSPS) is 17.2. The van der Waals surface area contributed by atoms with Crippen LogP contribution in [-0.4, -0.2) is 54.8 Å². The molecule has 0 saturated carbocycles. The fourth-order valence-corrected chi connectivity index (χ4v) is 3.35. The van der Waals surface area contributed by atoms with E-state index in [0.29, 0.717) is 25.3 Å². The first kappa shape index (κ1) is 22.0. The van der Waals surface area contributed by atoms with Gasteiger partial charge in [0, 0.05) is 25.6 Å². The number of amides is 1. The Morgan fingerprint density at radius 3 is 3.00 bits per heavy atom. The SMILES string of the molecule is COC(=O)COCCCCN1C(=O)CCC[C@@H]1C=CCCc1cccc(O)c1. The van der Waals surface area contributed by atoms with Crippen LogP contribution >= 0.6 is 0 Å². The Hall–Kier alpha value is -2.34. The highest BCUT2D eigenvalue weighted by atomic mass is 16.6. The summed E-state index contributed by atoms with van der Waals surface area (Å²) in [6, 6.07) is 7.47. The Bertz CT molecular complexity index is 658. The molecule has 0 aromatic heterocycles. The molecule has 0 aliphatic carbocycles. The molecule has 1 aliphatic rings. The highest BCUT2D eigenvalue weighted by Gasteiger charge is 2.25. The van der Waals surface area contributed by atoms with Crippen LogP contribution in [-0.2, 0) is 25.5 Å². The van der Waals surface area contributed by atoms with Gasteiger partial charge in [-0.3, -0.25) is 4.79 Å². The molecular formula is C22H31NO5. The van der Waals surface area contributed by atoms with E-state index in [0.717, 1.165) is 44.1 Å². The number of aryl methyl sites for hydroxylation is 1. The van der Waals surface area contributed by atoms with Gasteiger partial charge in [-0.1, -0.05) is 24.3 Å². The highest BCUT2D eigenvalue weighted by Crippen LogP contribution is 2.20. The zero-order chi connectivity index (χ0) is 20.2. The van der Waals surface area contributed by atoms with Crippen LogP contribution in [0.15, 0.2) is 36.4 Å². The molecule has 6 nitrogen and oxygen atoms in total. The van der Waals surface area contributed by atoms with E-state index in [4.69, 9.17) is 4.74 Å². The van der Waals surface area contributed by atoms with Crippen molar-refractivity contribution in [1.82, 2.24) is 4.90 Å². The monoisotopic (exact) mass is 389 g/mol. The van der Waals surface area contributed by atoms with Gasteiger partial charge in [-0.25, -0.2) is 4.79 Å². The van der Waals surface area contributed by atoms with Gasteiger partial charge in [0.05, 0.1) is 7.11 Å². The third kappa shape index (κ3) is 7.72. The number of hydrogen-bond donors (Lipinski definition) is 1. The van der Waals surface area contributed by atoms with Crippen LogP contribution in [0.2, 0.25) is 0 Å². The number of benzene rings is 1. The number of methoxy groups -OCH3 is 1. The molecule has 1 N–H and O–H groups in total. The number of ether oxygens (including phenoxy) is 2. The number of carbonyl (C=O) groups is 2. The molecule has 1 amide bonds. The number of likely N-dealkylation sites (tertiary alicyclic amines) is 1. The maximum absolute atomic E-state index is 12.3. The van der Waals surface area contributed by atoms with Crippen LogP contribution in [0.3, 0.4) is 0 Å². The predicted octanol–water partition coefficient (Wildman–Crippen LogP) is 3.23. The zero-order valence-corrected chi connectivity index (χ0v) is 16.6. The van der Waals surface area contributed by atoms with Gasteiger partial charge in [0.25, 0.3) is 0 Å². The molecule has 1 fully saturated rings. The van der Waals surface area contributed by atoms with E-state index >= 15 is 0 Å². The van der Waals surface area contributed by atoms with Gasteiger partial charge in [0.1, 0.15) is 12.4 Å². The summed E-state index contributed by atoms with van der Waals surface area (Å²) in [5.41, 5.74) is 1.10. The van der Waals surface area contributed by atoms with E-state index in [1.807, 2.05) is 17.0 Å². The number of phenolic OH excluding ortho intramolecular Hbond substituents is 1. The number of esters is 1. The van der Waals surface area contributed by atoms with Gasteiger partial charge in [-0.15, -0.1) is 0 Å².